The second-order valence-electron chi connectivity index (χ2n) is 7.16. The highest BCUT2D eigenvalue weighted by atomic mass is 16.2. The predicted octanol–water partition coefficient (Wildman–Crippen LogP) is 3.63. The van der Waals surface area contributed by atoms with E-state index in [4.69, 9.17) is 0 Å². The van der Waals surface area contributed by atoms with E-state index in [0.717, 1.165) is 37.4 Å². The summed E-state index contributed by atoms with van der Waals surface area (Å²) in [5, 5.41) is 8.64. The zero-order valence-electron chi connectivity index (χ0n) is 15.1. The number of amides is 1. The number of nitrogens with zero attached hydrogens (tertiary/aromatic N) is 4. The first-order chi connectivity index (χ1) is 12.7. The third-order valence-corrected chi connectivity index (χ3v) is 5.40. The number of carbonyl (C=O) groups is 1. The Hall–Kier alpha value is -2.69. The second-order valence-corrected chi connectivity index (χ2v) is 7.16. The summed E-state index contributed by atoms with van der Waals surface area (Å²) in [5.74, 6) is 1.89. The van der Waals surface area contributed by atoms with Crippen LogP contribution in [0.1, 0.15) is 49.4 Å². The van der Waals surface area contributed by atoms with E-state index in [1.54, 1.807) is 0 Å². The number of carbonyl (C=O) groups excluding carboxylic acids is 1. The van der Waals surface area contributed by atoms with Crippen LogP contribution in [0.4, 0.5) is 0 Å². The Morgan fingerprint density at radius 1 is 1.08 bits per heavy atom. The molecule has 5 heteroatoms. The molecule has 26 heavy (non-hydrogen) atoms. The Morgan fingerprint density at radius 3 is 2.58 bits per heavy atom. The maximum Gasteiger partial charge on any atom is 0.223 e. The van der Waals surface area contributed by atoms with Gasteiger partial charge in [0, 0.05) is 31.6 Å². The van der Waals surface area contributed by atoms with E-state index in [1.165, 1.54) is 5.56 Å². The average molecular weight is 348 g/mol. The fourth-order valence-electron chi connectivity index (χ4n) is 3.82. The summed E-state index contributed by atoms with van der Waals surface area (Å²) in [6.07, 6.45) is 4.48. The van der Waals surface area contributed by atoms with Gasteiger partial charge in [0.15, 0.2) is 5.65 Å². The van der Waals surface area contributed by atoms with Gasteiger partial charge in [0.2, 0.25) is 5.91 Å². The van der Waals surface area contributed by atoms with Crippen LogP contribution in [0.25, 0.3) is 5.65 Å². The zero-order chi connectivity index (χ0) is 17.9. The average Bonchev–Trinajstić information content (AvgIpc) is 3.13. The Bertz CT molecular complexity index is 881. The standard InChI is InChI=1S/C21H24N4O/c1-16(17-7-3-2-4-8-17)15-20(26)24-13-10-18(11-14-24)21-23-22-19-9-5-6-12-25(19)21/h2-9,12,16,18H,10-11,13-15H2,1H3. The Labute approximate surface area is 153 Å². The first kappa shape index (κ1) is 16.8. The molecule has 134 valence electrons. The number of benzene rings is 1. The molecule has 0 saturated carbocycles. The largest absolute Gasteiger partial charge is 0.343 e. The quantitative estimate of drug-likeness (QED) is 0.723. The molecule has 1 aliphatic heterocycles. The summed E-state index contributed by atoms with van der Waals surface area (Å²) < 4.78 is 2.07. The number of hydrogen-bond donors (Lipinski definition) is 0. The molecule has 0 aliphatic carbocycles. The van der Waals surface area contributed by atoms with Crippen LogP contribution in [0.5, 0.6) is 0 Å². The molecule has 0 radical (unpaired) electrons. The number of rotatable bonds is 4. The maximum absolute atomic E-state index is 12.7. The van der Waals surface area contributed by atoms with Gasteiger partial charge in [-0.05, 0) is 36.5 Å². The smallest absolute Gasteiger partial charge is 0.223 e. The zero-order valence-corrected chi connectivity index (χ0v) is 15.1. The topological polar surface area (TPSA) is 50.5 Å². The van der Waals surface area contributed by atoms with E-state index in [9.17, 15) is 4.79 Å². The van der Waals surface area contributed by atoms with Crippen molar-refractivity contribution in [1.82, 2.24) is 19.5 Å². The lowest BCUT2D eigenvalue weighted by molar-refractivity contribution is -0.132. The van der Waals surface area contributed by atoms with Crippen LogP contribution < -0.4 is 0 Å². The molecule has 0 spiro atoms. The van der Waals surface area contributed by atoms with Gasteiger partial charge >= 0.3 is 0 Å². The summed E-state index contributed by atoms with van der Waals surface area (Å²) >= 11 is 0. The molecule has 0 N–H and O–H groups in total. The fraction of sp³-hybridized carbons (Fsp3) is 0.381. The SMILES string of the molecule is CC(CC(=O)N1CCC(c2nnc3ccccn23)CC1)c1ccccc1. The first-order valence-electron chi connectivity index (χ1n) is 9.35. The van der Waals surface area contributed by atoms with Gasteiger partial charge in [-0.2, -0.15) is 0 Å². The number of pyridine rings is 1. The van der Waals surface area contributed by atoms with Gasteiger partial charge in [-0.25, -0.2) is 0 Å². The van der Waals surface area contributed by atoms with Crippen molar-refractivity contribution in [1.29, 1.82) is 0 Å². The number of aromatic nitrogens is 3. The summed E-state index contributed by atoms with van der Waals surface area (Å²) in [4.78, 5) is 14.7. The molecule has 1 unspecified atom stereocenters. The third-order valence-electron chi connectivity index (χ3n) is 5.40. The van der Waals surface area contributed by atoms with Crippen molar-refractivity contribution >= 4 is 11.6 Å². The van der Waals surface area contributed by atoms with Crippen LogP contribution in [0.15, 0.2) is 54.7 Å². The van der Waals surface area contributed by atoms with E-state index in [0.29, 0.717) is 12.3 Å². The van der Waals surface area contributed by atoms with E-state index in [1.807, 2.05) is 47.5 Å². The van der Waals surface area contributed by atoms with E-state index >= 15 is 0 Å². The third kappa shape index (κ3) is 3.34. The molecule has 0 bridgehead atoms. The summed E-state index contributed by atoms with van der Waals surface area (Å²) in [7, 11) is 0. The fourth-order valence-corrected chi connectivity index (χ4v) is 3.82. The first-order valence-corrected chi connectivity index (χ1v) is 9.35. The molecule has 3 aromatic rings. The lowest BCUT2D eigenvalue weighted by Gasteiger charge is -2.32. The highest BCUT2D eigenvalue weighted by Crippen LogP contribution is 2.28. The summed E-state index contributed by atoms with van der Waals surface area (Å²) in [6.45, 7) is 3.72. The van der Waals surface area contributed by atoms with Gasteiger partial charge in [-0.3, -0.25) is 9.20 Å². The molecule has 2 aromatic heterocycles. The minimum Gasteiger partial charge on any atom is -0.343 e. The van der Waals surface area contributed by atoms with Crippen LogP contribution in [-0.2, 0) is 4.79 Å². The van der Waals surface area contributed by atoms with Crippen LogP contribution >= 0.6 is 0 Å². The van der Waals surface area contributed by atoms with Crippen molar-refractivity contribution in [3.8, 4) is 0 Å². The second kappa shape index (κ2) is 7.28. The van der Waals surface area contributed by atoms with E-state index < -0.39 is 0 Å². The van der Waals surface area contributed by atoms with Crippen molar-refractivity contribution in [2.24, 2.45) is 0 Å². The van der Waals surface area contributed by atoms with Gasteiger partial charge in [-0.1, -0.05) is 43.3 Å². The molecule has 1 fully saturated rings. The van der Waals surface area contributed by atoms with Gasteiger partial charge in [0.05, 0.1) is 0 Å². The van der Waals surface area contributed by atoms with Crippen LogP contribution in [0, 0.1) is 0 Å². The minimum absolute atomic E-state index is 0.252. The van der Waals surface area contributed by atoms with E-state index in [-0.39, 0.29) is 11.8 Å². The molecule has 3 heterocycles. The van der Waals surface area contributed by atoms with Crippen molar-refractivity contribution in [2.45, 2.75) is 38.0 Å². The number of fused-ring (bicyclic) bond motifs is 1. The number of piperidine rings is 1. The molecular weight excluding hydrogens is 324 g/mol. The van der Waals surface area contributed by atoms with E-state index in [2.05, 4.69) is 33.7 Å². The normalized spacial score (nSPS) is 16.7. The van der Waals surface area contributed by atoms with Crippen molar-refractivity contribution in [3.05, 3.63) is 66.1 Å². The molecular formula is C21H24N4O. The predicted molar refractivity (Wildman–Crippen MR) is 101 cm³/mol. The van der Waals surface area contributed by atoms with Crippen LogP contribution in [0.2, 0.25) is 0 Å². The number of likely N-dealkylation sites (tertiary alicyclic amines) is 1. The minimum atomic E-state index is 0.252. The Balaban J connectivity index is 1.37. The summed E-state index contributed by atoms with van der Waals surface area (Å²) in [6, 6.07) is 16.2. The van der Waals surface area contributed by atoms with Crippen molar-refractivity contribution in [3.63, 3.8) is 0 Å². The van der Waals surface area contributed by atoms with Gasteiger partial charge in [-0.15, -0.1) is 10.2 Å². The Kier molecular flexibility index (Phi) is 4.69. The molecule has 1 aromatic carbocycles. The van der Waals surface area contributed by atoms with Crippen molar-refractivity contribution < 1.29 is 4.79 Å². The highest BCUT2D eigenvalue weighted by Gasteiger charge is 2.27. The van der Waals surface area contributed by atoms with Crippen LogP contribution in [0.3, 0.4) is 0 Å². The van der Waals surface area contributed by atoms with Gasteiger partial charge in [0.1, 0.15) is 5.82 Å². The molecule has 1 saturated heterocycles. The lowest BCUT2D eigenvalue weighted by atomic mass is 9.94. The van der Waals surface area contributed by atoms with Crippen LogP contribution in [-0.4, -0.2) is 38.5 Å². The van der Waals surface area contributed by atoms with Crippen molar-refractivity contribution in [2.75, 3.05) is 13.1 Å². The molecule has 1 amide bonds. The molecule has 5 nitrogen and oxygen atoms in total. The van der Waals surface area contributed by atoms with Gasteiger partial charge < -0.3 is 4.90 Å². The molecule has 1 atom stereocenters. The van der Waals surface area contributed by atoms with Gasteiger partial charge in [0.25, 0.3) is 0 Å². The molecule has 1 aliphatic rings. The lowest BCUT2D eigenvalue weighted by Crippen LogP contribution is -2.38. The number of hydrogen-bond acceptors (Lipinski definition) is 3. The highest BCUT2D eigenvalue weighted by molar-refractivity contribution is 5.77. The summed E-state index contributed by atoms with van der Waals surface area (Å²) in [5.41, 5.74) is 2.11. The maximum atomic E-state index is 12.7. The molecule has 4 rings (SSSR count). The monoisotopic (exact) mass is 348 g/mol. The Morgan fingerprint density at radius 2 is 1.81 bits per heavy atom.